The van der Waals surface area contributed by atoms with Crippen molar-refractivity contribution in [2.45, 2.75) is 38.8 Å². The Kier molecular flexibility index (Phi) is 1.91. The molecule has 0 saturated heterocycles. The molecule has 3 nitrogen and oxygen atoms in total. The van der Waals surface area contributed by atoms with Crippen LogP contribution < -0.4 is 5.73 Å². The fraction of sp³-hybridized carbons (Fsp3) is 0.700. The topological polar surface area (TPSA) is 43.8 Å². The van der Waals surface area contributed by atoms with Crippen LogP contribution in [0.5, 0.6) is 0 Å². The van der Waals surface area contributed by atoms with E-state index in [4.69, 9.17) is 5.73 Å². The second kappa shape index (κ2) is 2.84. The molecular weight excluding hydrogens is 162 g/mol. The molecule has 1 saturated carbocycles. The van der Waals surface area contributed by atoms with Crippen LogP contribution in [0.2, 0.25) is 0 Å². The average molecular weight is 179 g/mol. The third-order valence-electron chi connectivity index (χ3n) is 2.70. The van der Waals surface area contributed by atoms with Crippen LogP contribution in [-0.4, -0.2) is 9.55 Å². The predicted molar refractivity (Wildman–Crippen MR) is 52.1 cm³/mol. The summed E-state index contributed by atoms with van der Waals surface area (Å²) in [6, 6.07) is 0. The van der Waals surface area contributed by atoms with Crippen molar-refractivity contribution in [3.63, 3.8) is 0 Å². The lowest BCUT2D eigenvalue weighted by atomic mass is 10.1. The SMILES string of the molecule is Cc1cn([C@](C)(N)CC2CC2)cn1. The normalized spacial score (nSPS) is 21.5. The molecule has 0 unspecified atom stereocenters. The van der Waals surface area contributed by atoms with E-state index in [2.05, 4.69) is 11.9 Å². The number of aryl methyl sites for hydroxylation is 1. The molecular formula is C10H17N3. The van der Waals surface area contributed by atoms with Gasteiger partial charge in [-0.3, -0.25) is 0 Å². The van der Waals surface area contributed by atoms with Crippen LogP contribution in [0, 0.1) is 12.8 Å². The number of rotatable bonds is 3. The molecule has 1 aliphatic carbocycles. The van der Waals surface area contributed by atoms with E-state index in [0.29, 0.717) is 0 Å². The molecule has 0 amide bonds. The lowest BCUT2D eigenvalue weighted by Gasteiger charge is -2.26. The zero-order chi connectivity index (χ0) is 9.47. The minimum atomic E-state index is -0.248. The summed E-state index contributed by atoms with van der Waals surface area (Å²) in [6.45, 7) is 4.07. The van der Waals surface area contributed by atoms with Crippen LogP contribution in [0.3, 0.4) is 0 Å². The van der Waals surface area contributed by atoms with Crippen LogP contribution in [-0.2, 0) is 5.66 Å². The average Bonchev–Trinajstić information content (AvgIpc) is 2.70. The first-order chi connectivity index (χ1) is 6.08. The maximum absolute atomic E-state index is 6.22. The van der Waals surface area contributed by atoms with Crippen molar-refractivity contribution in [2.24, 2.45) is 11.7 Å². The highest BCUT2D eigenvalue weighted by molar-refractivity contribution is 4.97. The van der Waals surface area contributed by atoms with Gasteiger partial charge in [-0.25, -0.2) is 4.98 Å². The van der Waals surface area contributed by atoms with Gasteiger partial charge in [0.15, 0.2) is 0 Å². The third-order valence-corrected chi connectivity index (χ3v) is 2.70. The Balaban J connectivity index is 2.12. The molecule has 1 aromatic rings. The Bertz CT molecular complexity index is 297. The first-order valence-electron chi connectivity index (χ1n) is 4.88. The zero-order valence-corrected chi connectivity index (χ0v) is 8.33. The van der Waals surface area contributed by atoms with Crippen LogP contribution in [0.4, 0.5) is 0 Å². The van der Waals surface area contributed by atoms with Crippen molar-refractivity contribution < 1.29 is 0 Å². The van der Waals surface area contributed by atoms with Crippen molar-refractivity contribution in [1.82, 2.24) is 9.55 Å². The number of hydrogen-bond donors (Lipinski definition) is 1. The van der Waals surface area contributed by atoms with Crippen molar-refractivity contribution in [1.29, 1.82) is 0 Å². The number of nitrogens with two attached hydrogens (primary N) is 1. The maximum Gasteiger partial charge on any atom is 0.0964 e. The second-order valence-corrected chi connectivity index (χ2v) is 4.43. The summed E-state index contributed by atoms with van der Waals surface area (Å²) in [5, 5.41) is 0. The summed E-state index contributed by atoms with van der Waals surface area (Å²) >= 11 is 0. The Labute approximate surface area is 79.0 Å². The number of nitrogens with zero attached hydrogens (tertiary/aromatic N) is 2. The smallest absolute Gasteiger partial charge is 0.0964 e. The van der Waals surface area contributed by atoms with Crippen molar-refractivity contribution in [3.05, 3.63) is 18.2 Å². The molecule has 3 heteroatoms. The molecule has 0 radical (unpaired) electrons. The van der Waals surface area contributed by atoms with Crippen LogP contribution in [0.1, 0.15) is 31.9 Å². The molecule has 2 rings (SSSR count). The largest absolute Gasteiger partial charge is 0.319 e. The predicted octanol–water partition coefficient (Wildman–Crippen LogP) is 1.62. The van der Waals surface area contributed by atoms with Gasteiger partial charge in [0.05, 0.1) is 17.7 Å². The Hall–Kier alpha value is -0.830. The van der Waals surface area contributed by atoms with Gasteiger partial charge in [-0.05, 0) is 26.2 Å². The van der Waals surface area contributed by atoms with Gasteiger partial charge in [0.25, 0.3) is 0 Å². The van der Waals surface area contributed by atoms with Crippen molar-refractivity contribution in [2.75, 3.05) is 0 Å². The van der Waals surface area contributed by atoms with E-state index >= 15 is 0 Å². The minimum Gasteiger partial charge on any atom is -0.319 e. The summed E-state index contributed by atoms with van der Waals surface area (Å²) in [6.07, 6.45) is 7.61. The van der Waals surface area contributed by atoms with Gasteiger partial charge in [0.1, 0.15) is 0 Å². The number of hydrogen-bond acceptors (Lipinski definition) is 2. The minimum absolute atomic E-state index is 0.248. The summed E-state index contributed by atoms with van der Waals surface area (Å²) in [4.78, 5) is 4.19. The highest BCUT2D eigenvalue weighted by atomic mass is 15.2. The second-order valence-electron chi connectivity index (χ2n) is 4.43. The lowest BCUT2D eigenvalue weighted by Crippen LogP contribution is -2.39. The molecule has 13 heavy (non-hydrogen) atoms. The molecule has 1 atom stereocenters. The van der Waals surface area contributed by atoms with Gasteiger partial charge in [0.2, 0.25) is 0 Å². The molecule has 1 aromatic heterocycles. The van der Waals surface area contributed by atoms with E-state index in [9.17, 15) is 0 Å². The van der Waals surface area contributed by atoms with Crippen LogP contribution >= 0.6 is 0 Å². The molecule has 1 heterocycles. The number of imidazole rings is 1. The first kappa shape index (κ1) is 8.75. The molecule has 0 bridgehead atoms. The van der Waals surface area contributed by atoms with Gasteiger partial charge in [-0.15, -0.1) is 0 Å². The fourth-order valence-electron chi connectivity index (χ4n) is 1.71. The van der Waals surface area contributed by atoms with Gasteiger partial charge < -0.3 is 10.3 Å². The quantitative estimate of drug-likeness (QED) is 0.766. The highest BCUT2D eigenvalue weighted by Crippen LogP contribution is 2.37. The van der Waals surface area contributed by atoms with Crippen molar-refractivity contribution >= 4 is 0 Å². The Morgan fingerprint density at radius 2 is 2.38 bits per heavy atom. The van der Waals surface area contributed by atoms with E-state index in [0.717, 1.165) is 18.0 Å². The van der Waals surface area contributed by atoms with E-state index < -0.39 is 0 Å². The van der Waals surface area contributed by atoms with Crippen LogP contribution in [0.15, 0.2) is 12.5 Å². The van der Waals surface area contributed by atoms with Gasteiger partial charge >= 0.3 is 0 Å². The summed E-state index contributed by atoms with van der Waals surface area (Å²) in [7, 11) is 0. The maximum atomic E-state index is 6.22. The summed E-state index contributed by atoms with van der Waals surface area (Å²) in [5.74, 6) is 0.845. The Morgan fingerprint density at radius 3 is 2.85 bits per heavy atom. The Morgan fingerprint density at radius 1 is 1.69 bits per heavy atom. The zero-order valence-electron chi connectivity index (χ0n) is 8.33. The van der Waals surface area contributed by atoms with Crippen LogP contribution in [0.25, 0.3) is 0 Å². The molecule has 1 aliphatic rings. The van der Waals surface area contributed by atoms with Gasteiger partial charge in [0, 0.05) is 6.20 Å². The summed E-state index contributed by atoms with van der Waals surface area (Å²) in [5.41, 5.74) is 7.00. The molecule has 2 N–H and O–H groups in total. The first-order valence-corrected chi connectivity index (χ1v) is 4.88. The molecule has 1 fully saturated rings. The van der Waals surface area contributed by atoms with Gasteiger partial charge in [-0.2, -0.15) is 0 Å². The molecule has 0 aliphatic heterocycles. The third kappa shape index (κ3) is 1.91. The molecule has 72 valence electrons. The summed E-state index contributed by atoms with van der Waals surface area (Å²) < 4.78 is 2.03. The number of aromatic nitrogens is 2. The monoisotopic (exact) mass is 179 g/mol. The standard InChI is InChI=1S/C10H17N3/c1-8-6-13(7-12-8)10(2,11)5-9-3-4-9/h6-7,9H,3-5,11H2,1-2H3/t10-/m0/s1. The van der Waals surface area contributed by atoms with E-state index in [1.807, 2.05) is 24.0 Å². The molecule has 0 spiro atoms. The van der Waals surface area contributed by atoms with E-state index in [1.165, 1.54) is 12.8 Å². The lowest BCUT2D eigenvalue weighted by molar-refractivity contribution is 0.288. The van der Waals surface area contributed by atoms with Gasteiger partial charge in [-0.1, -0.05) is 12.8 Å². The fourth-order valence-corrected chi connectivity index (χ4v) is 1.71. The highest BCUT2D eigenvalue weighted by Gasteiger charge is 2.31. The van der Waals surface area contributed by atoms with E-state index in [-0.39, 0.29) is 5.66 Å². The van der Waals surface area contributed by atoms with E-state index in [1.54, 1.807) is 0 Å². The van der Waals surface area contributed by atoms with Crippen molar-refractivity contribution in [3.8, 4) is 0 Å². The molecule has 0 aromatic carbocycles.